The summed E-state index contributed by atoms with van der Waals surface area (Å²) in [5, 5.41) is 6.11. The highest BCUT2D eigenvalue weighted by Gasteiger charge is 2.28. The standard InChI is InChI=1S/C13H26N2O3S/c1-5-13(3,4)15-12(16)10(2)14-8-11-6-7-19(17,18)9-11/h10-11,14H,5-9H2,1-4H3,(H,15,16). The first-order valence-corrected chi connectivity index (χ1v) is 8.73. The fourth-order valence-corrected chi connectivity index (χ4v) is 3.86. The number of nitrogens with one attached hydrogen (secondary N) is 2. The van der Waals surface area contributed by atoms with Gasteiger partial charge in [0.2, 0.25) is 5.91 Å². The van der Waals surface area contributed by atoms with Crippen molar-refractivity contribution >= 4 is 15.7 Å². The average molecular weight is 290 g/mol. The molecule has 1 aliphatic rings. The van der Waals surface area contributed by atoms with Crippen molar-refractivity contribution in [3.8, 4) is 0 Å². The molecule has 0 radical (unpaired) electrons. The Morgan fingerprint density at radius 1 is 1.42 bits per heavy atom. The molecule has 2 unspecified atom stereocenters. The number of carbonyl (C=O) groups is 1. The molecule has 0 aromatic rings. The van der Waals surface area contributed by atoms with E-state index in [-0.39, 0.29) is 34.9 Å². The van der Waals surface area contributed by atoms with Gasteiger partial charge in [0.25, 0.3) is 0 Å². The molecule has 5 nitrogen and oxygen atoms in total. The van der Waals surface area contributed by atoms with Crippen LogP contribution in [0.2, 0.25) is 0 Å². The monoisotopic (exact) mass is 290 g/mol. The quantitative estimate of drug-likeness (QED) is 0.755. The first-order valence-electron chi connectivity index (χ1n) is 6.91. The molecule has 0 spiro atoms. The van der Waals surface area contributed by atoms with Crippen molar-refractivity contribution in [2.24, 2.45) is 5.92 Å². The molecule has 2 N–H and O–H groups in total. The van der Waals surface area contributed by atoms with Crippen LogP contribution >= 0.6 is 0 Å². The van der Waals surface area contributed by atoms with Crippen LogP contribution in [-0.4, -0.2) is 44.0 Å². The number of carbonyl (C=O) groups excluding carboxylic acids is 1. The molecule has 1 amide bonds. The molecule has 112 valence electrons. The highest BCUT2D eigenvalue weighted by Crippen LogP contribution is 2.17. The van der Waals surface area contributed by atoms with Gasteiger partial charge in [0, 0.05) is 5.54 Å². The van der Waals surface area contributed by atoms with Gasteiger partial charge >= 0.3 is 0 Å². The van der Waals surface area contributed by atoms with Crippen LogP contribution < -0.4 is 10.6 Å². The Morgan fingerprint density at radius 3 is 2.53 bits per heavy atom. The van der Waals surface area contributed by atoms with Crippen molar-refractivity contribution < 1.29 is 13.2 Å². The second kappa shape index (κ2) is 6.22. The Hall–Kier alpha value is -0.620. The maximum absolute atomic E-state index is 12.0. The zero-order chi connectivity index (χ0) is 14.7. The molecule has 0 saturated carbocycles. The smallest absolute Gasteiger partial charge is 0.237 e. The van der Waals surface area contributed by atoms with Gasteiger partial charge in [-0.3, -0.25) is 4.79 Å². The Balaban J connectivity index is 2.35. The molecule has 0 bridgehead atoms. The van der Waals surface area contributed by atoms with Crippen molar-refractivity contribution in [2.45, 2.75) is 52.1 Å². The van der Waals surface area contributed by atoms with Gasteiger partial charge in [0.1, 0.15) is 0 Å². The molecule has 0 aromatic carbocycles. The van der Waals surface area contributed by atoms with Crippen molar-refractivity contribution in [1.82, 2.24) is 10.6 Å². The molecular weight excluding hydrogens is 264 g/mol. The maximum Gasteiger partial charge on any atom is 0.237 e. The van der Waals surface area contributed by atoms with E-state index in [0.29, 0.717) is 13.0 Å². The SMILES string of the molecule is CCC(C)(C)NC(=O)C(C)NCC1CCS(=O)(=O)C1. The summed E-state index contributed by atoms with van der Waals surface area (Å²) in [4.78, 5) is 12.0. The van der Waals surface area contributed by atoms with E-state index < -0.39 is 9.84 Å². The zero-order valence-corrected chi connectivity index (χ0v) is 13.1. The number of amides is 1. The van der Waals surface area contributed by atoms with Crippen LogP contribution in [0.15, 0.2) is 0 Å². The number of hydrogen-bond acceptors (Lipinski definition) is 4. The van der Waals surface area contributed by atoms with Crippen LogP contribution in [0.3, 0.4) is 0 Å². The fourth-order valence-electron chi connectivity index (χ4n) is 2.00. The maximum atomic E-state index is 12.0. The zero-order valence-electron chi connectivity index (χ0n) is 12.3. The predicted molar refractivity (Wildman–Crippen MR) is 76.7 cm³/mol. The summed E-state index contributed by atoms with van der Waals surface area (Å²) in [5.41, 5.74) is -0.205. The van der Waals surface area contributed by atoms with E-state index in [1.54, 1.807) is 0 Å². The summed E-state index contributed by atoms with van der Waals surface area (Å²) >= 11 is 0. The van der Waals surface area contributed by atoms with Crippen LogP contribution in [-0.2, 0) is 14.6 Å². The minimum absolute atomic E-state index is 0.0345. The molecule has 1 rings (SSSR count). The third-order valence-corrected chi connectivity index (χ3v) is 5.62. The third kappa shape index (κ3) is 5.48. The Kier molecular flexibility index (Phi) is 5.38. The summed E-state index contributed by atoms with van der Waals surface area (Å²) in [6.07, 6.45) is 1.57. The van der Waals surface area contributed by atoms with Crippen LogP contribution in [0.25, 0.3) is 0 Å². The summed E-state index contributed by atoms with van der Waals surface area (Å²) in [6, 6.07) is -0.297. The lowest BCUT2D eigenvalue weighted by Gasteiger charge is -2.27. The molecular formula is C13H26N2O3S. The molecule has 1 aliphatic heterocycles. The van der Waals surface area contributed by atoms with Crippen LogP contribution in [0.1, 0.15) is 40.5 Å². The van der Waals surface area contributed by atoms with Crippen LogP contribution in [0.4, 0.5) is 0 Å². The van der Waals surface area contributed by atoms with Crippen molar-refractivity contribution in [2.75, 3.05) is 18.1 Å². The Labute approximate surface area is 116 Å². The minimum atomic E-state index is -2.84. The normalized spacial score (nSPS) is 24.1. The van der Waals surface area contributed by atoms with E-state index in [9.17, 15) is 13.2 Å². The van der Waals surface area contributed by atoms with Gasteiger partial charge in [0.05, 0.1) is 17.5 Å². The Bertz CT molecular complexity index is 418. The van der Waals surface area contributed by atoms with Gasteiger partial charge in [-0.05, 0) is 46.1 Å². The lowest BCUT2D eigenvalue weighted by atomic mass is 10.0. The minimum Gasteiger partial charge on any atom is -0.350 e. The lowest BCUT2D eigenvalue weighted by molar-refractivity contribution is -0.124. The van der Waals surface area contributed by atoms with E-state index in [1.807, 2.05) is 27.7 Å². The van der Waals surface area contributed by atoms with Gasteiger partial charge in [-0.1, -0.05) is 6.92 Å². The van der Waals surface area contributed by atoms with E-state index >= 15 is 0 Å². The Morgan fingerprint density at radius 2 is 2.05 bits per heavy atom. The van der Waals surface area contributed by atoms with Crippen LogP contribution in [0.5, 0.6) is 0 Å². The average Bonchev–Trinajstić information content (AvgIpc) is 2.65. The van der Waals surface area contributed by atoms with Gasteiger partial charge in [0.15, 0.2) is 9.84 Å². The number of hydrogen-bond donors (Lipinski definition) is 2. The lowest BCUT2D eigenvalue weighted by Crippen LogP contribution is -2.51. The summed E-state index contributed by atoms with van der Waals surface area (Å²) in [6.45, 7) is 8.40. The van der Waals surface area contributed by atoms with Gasteiger partial charge in [-0.25, -0.2) is 8.42 Å². The molecule has 1 saturated heterocycles. The second-order valence-corrected chi connectivity index (χ2v) is 8.35. The van der Waals surface area contributed by atoms with Crippen molar-refractivity contribution in [1.29, 1.82) is 0 Å². The highest BCUT2D eigenvalue weighted by atomic mass is 32.2. The molecule has 1 fully saturated rings. The van der Waals surface area contributed by atoms with E-state index in [2.05, 4.69) is 10.6 Å². The van der Waals surface area contributed by atoms with Crippen molar-refractivity contribution in [3.63, 3.8) is 0 Å². The van der Waals surface area contributed by atoms with E-state index in [1.165, 1.54) is 0 Å². The highest BCUT2D eigenvalue weighted by molar-refractivity contribution is 7.91. The van der Waals surface area contributed by atoms with Crippen LogP contribution in [0, 0.1) is 5.92 Å². The van der Waals surface area contributed by atoms with Crippen molar-refractivity contribution in [3.05, 3.63) is 0 Å². The largest absolute Gasteiger partial charge is 0.350 e. The first kappa shape index (κ1) is 16.4. The van der Waals surface area contributed by atoms with E-state index in [4.69, 9.17) is 0 Å². The summed E-state index contributed by atoms with van der Waals surface area (Å²) in [5.74, 6) is 0.629. The van der Waals surface area contributed by atoms with E-state index in [0.717, 1.165) is 6.42 Å². The van der Waals surface area contributed by atoms with Gasteiger partial charge in [-0.2, -0.15) is 0 Å². The molecule has 1 heterocycles. The second-order valence-electron chi connectivity index (χ2n) is 6.13. The topological polar surface area (TPSA) is 75.3 Å². The fraction of sp³-hybridized carbons (Fsp3) is 0.923. The molecule has 6 heteroatoms. The molecule has 0 aromatic heterocycles. The first-order chi connectivity index (χ1) is 8.65. The molecule has 19 heavy (non-hydrogen) atoms. The van der Waals surface area contributed by atoms with Gasteiger partial charge in [-0.15, -0.1) is 0 Å². The number of rotatable bonds is 6. The van der Waals surface area contributed by atoms with Gasteiger partial charge < -0.3 is 10.6 Å². The molecule has 2 atom stereocenters. The summed E-state index contributed by atoms with van der Waals surface area (Å²) < 4.78 is 22.7. The molecule has 0 aliphatic carbocycles. The third-order valence-electron chi connectivity index (χ3n) is 3.78. The summed E-state index contributed by atoms with van der Waals surface area (Å²) in [7, 11) is -2.84. The predicted octanol–water partition coefficient (Wildman–Crippen LogP) is 0.704. The number of sulfone groups is 1.